The number of hydrogen-bond donors (Lipinski definition) is 0. The van der Waals surface area contributed by atoms with Gasteiger partial charge in [-0.2, -0.15) is 0 Å². The highest BCUT2D eigenvalue weighted by atomic mass is 35.5. The van der Waals surface area contributed by atoms with Crippen LogP contribution in [-0.4, -0.2) is 17.5 Å². The lowest BCUT2D eigenvalue weighted by Gasteiger charge is -2.47. The highest BCUT2D eigenvalue weighted by Crippen LogP contribution is 2.45. The van der Waals surface area contributed by atoms with Gasteiger partial charge in [-0.25, -0.2) is 0 Å². The molecule has 1 aliphatic carbocycles. The molecule has 0 bridgehead atoms. The molecule has 0 unspecified atom stereocenters. The Kier molecular flexibility index (Phi) is 2.15. The van der Waals surface area contributed by atoms with Gasteiger partial charge in [-0.05, 0) is 6.42 Å². The van der Waals surface area contributed by atoms with Crippen LogP contribution < -0.4 is 0 Å². The molecule has 0 saturated heterocycles. The van der Waals surface area contributed by atoms with E-state index < -0.39 is 0 Å². The average Bonchev–Trinajstić information content (AvgIpc) is 1.82. The van der Waals surface area contributed by atoms with Crippen molar-refractivity contribution in [3.63, 3.8) is 0 Å². The van der Waals surface area contributed by atoms with E-state index in [2.05, 4.69) is 13.8 Å². The molecule has 0 radical (unpaired) electrons. The molecule has 0 aliphatic heterocycles. The summed E-state index contributed by atoms with van der Waals surface area (Å²) in [5.74, 6) is -0.242. The predicted octanol–water partition coefficient (Wildman–Crippen LogP) is 1.96. The Labute approximate surface area is 71.9 Å². The standard InChI is InChI=1S/C8H13ClO2/c1-5(10)11-7-6(9)4-8(7,2)3/h6-7H,4H2,1-3H3/t6-,7+/m0/s1. The molecule has 0 amide bonds. The van der Waals surface area contributed by atoms with Crippen molar-refractivity contribution in [2.45, 2.75) is 38.7 Å². The van der Waals surface area contributed by atoms with E-state index in [4.69, 9.17) is 16.3 Å². The third kappa shape index (κ3) is 1.67. The minimum Gasteiger partial charge on any atom is -0.460 e. The first-order valence-corrected chi connectivity index (χ1v) is 4.18. The number of halogens is 1. The van der Waals surface area contributed by atoms with E-state index in [1.165, 1.54) is 6.92 Å². The maximum absolute atomic E-state index is 10.6. The van der Waals surface area contributed by atoms with Crippen molar-refractivity contribution < 1.29 is 9.53 Å². The number of ether oxygens (including phenoxy) is 1. The topological polar surface area (TPSA) is 26.3 Å². The largest absolute Gasteiger partial charge is 0.460 e. The summed E-state index contributed by atoms with van der Waals surface area (Å²) in [5, 5.41) is 0.00824. The lowest BCUT2D eigenvalue weighted by molar-refractivity contribution is -0.161. The number of rotatable bonds is 1. The zero-order valence-electron chi connectivity index (χ0n) is 7.06. The molecular weight excluding hydrogens is 164 g/mol. The van der Waals surface area contributed by atoms with Gasteiger partial charge in [0.15, 0.2) is 0 Å². The van der Waals surface area contributed by atoms with Crippen molar-refractivity contribution >= 4 is 17.6 Å². The van der Waals surface area contributed by atoms with Gasteiger partial charge in [-0.1, -0.05) is 13.8 Å². The molecule has 2 nitrogen and oxygen atoms in total. The molecule has 0 aromatic heterocycles. The normalized spacial score (nSPS) is 34.2. The minimum atomic E-state index is -0.242. The van der Waals surface area contributed by atoms with Crippen LogP contribution in [-0.2, 0) is 9.53 Å². The smallest absolute Gasteiger partial charge is 0.302 e. The second-order valence-corrected chi connectivity index (χ2v) is 4.30. The second-order valence-electron chi connectivity index (χ2n) is 3.74. The first-order valence-electron chi connectivity index (χ1n) is 3.75. The maximum Gasteiger partial charge on any atom is 0.302 e. The molecule has 1 rings (SSSR count). The van der Waals surface area contributed by atoms with Crippen LogP contribution in [0.2, 0.25) is 0 Å². The first kappa shape index (κ1) is 8.85. The third-order valence-electron chi connectivity index (χ3n) is 2.11. The fourth-order valence-electron chi connectivity index (χ4n) is 1.47. The molecule has 64 valence electrons. The van der Waals surface area contributed by atoms with Gasteiger partial charge >= 0.3 is 5.97 Å². The molecule has 1 fully saturated rings. The van der Waals surface area contributed by atoms with Crippen LogP contribution in [0.5, 0.6) is 0 Å². The van der Waals surface area contributed by atoms with Crippen molar-refractivity contribution in [1.82, 2.24) is 0 Å². The Morgan fingerprint density at radius 3 is 2.36 bits per heavy atom. The molecule has 2 atom stereocenters. The van der Waals surface area contributed by atoms with Gasteiger partial charge in [-0.15, -0.1) is 11.6 Å². The molecule has 0 aromatic carbocycles. The number of alkyl halides is 1. The van der Waals surface area contributed by atoms with Crippen molar-refractivity contribution in [2.24, 2.45) is 5.41 Å². The van der Waals surface area contributed by atoms with Crippen molar-refractivity contribution in [1.29, 1.82) is 0 Å². The quantitative estimate of drug-likeness (QED) is 0.451. The fourth-order valence-corrected chi connectivity index (χ4v) is 2.26. The predicted molar refractivity (Wildman–Crippen MR) is 43.6 cm³/mol. The van der Waals surface area contributed by atoms with E-state index in [1.807, 2.05) is 0 Å². The summed E-state index contributed by atoms with van der Waals surface area (Å²) in [6.07, 6.45) is 0.827. The van der Waals surface area contributed by atoms with Crippen LogP contribution in [0.25, 0.3) is 0 Å². The second kappa shape index (κ2) is 2.67. The summed E-state index contributed by atoms with van der Waals surface area (Å²) in [7, 11) is 0. The molecule has 0 N–H and O–H groups in total. The molecule has 3 heteroatoms. The van der Waals surface area contributed by atoms with E-state index in [0.29, 0.717) is 0 Å². The van der Waals surface area contributed by atoms with Gasteiger partial charge in [0.05, 0.1) is 5.38 Å². The molecule has 0 aromatic rings. The van der Waals surface area contributed by atoms with Gasteiger partial charge in [0.2, 0.25) is 0 Å². The zero-order valence-corrected chi connectivity index (χ0v) is 7.81. The van der Waals surface area contributed by atoms with Crippen LogP contribution in [0.15, 0.2) is 0 Å². The van der Waals surface area contributed by atoms with Gasteiger partial charge in [0.25, 0.3) is 0 Å². The van der Waals surface area contributed by atoms with Crippen LogP contribution in [0.1, 0.15) is 27.2 Å². The molecule has 0 heterocycles. The van der Waals surface area contributed by atoms with Crippen molar-refractivity contribution in [2.75, 3.05) is 0 Å². The SMILES string of the molecule is CC(=O)O[C@@H]1[C@@H](Cl)CC1(C)C. The van der Waals surface area contributed by atoms with E-state index in [9.17, 15) is 4.79 Å². The molecule has 1 aliphatic rings. The lowest BCUT2D eigenvalue weighted by Crippen LogP contribution is -2.52. The fraction of sp³-hybridized carbons (Fsp3) is 0.875. The number of carbonyl (C=O) groups excluding carboxylic acids is 1. The summed E-state index contributed by atoms with van der Waals surface area (Å²) in [4.78, 5) is 10.6. The Bertz CT molecular complexity index is 177. The average molecular weight is 177 g/mol. The molecule has 11 heavy (non-hydrogen) atoms. The molecular formula is C8H13ClO2. The van der Waals surface area contributed by atoms with Crippen LogP contribution in [0, 0.1) is 5.41 Å². The molecule has 1 saturated carbocycles. The summed E-state index contributed by atoms with van der Waals surface area (Å²) in [6.45, 7) is 5.52. The van der Waals surface area contributed by atoms with Gasteiger partial charge in [0.1, 0.15) is 6.10 Å². The van der Waals surface area contributed by atoms with Crippen molar-refractivity contribution in [3.05, 3.63) is 0 Å². The Balaban J connectivity index is 2.50. The first-order chi connectivity index (χ1) is 4.93. The summed E-state index contributed by atoms with van der Waals surface area (Å²) < 4.78 is 5.04. The Hall–Kier alpha value is -0.240. The van der Waals surface area contributed by atoms with Crippen LogP contribution in [0.4, 0.5) is 0 Å². The van der Waals surface area contributed by atoms with Gasteiger partial charge < -0.3 is 4.74 Å². The highest BCUT2D eigenvalue weighted by molar-refractivity contribution is 6.21. The van der Waals surface area contributed by atoms with Gasteiger partial charge in [-0.3, -0.25) is 4.79 Å². The maximum atomic E-state index is 10.6. The Morgan fingerprint density at radius 1 is 1.64 bits per heavy atom. The molecule has 0 spiro atoms. The van der Waals surface area contributed by atoms with Crippen LogP contribution in [0.3, 0.4) is 0 Å². The summed E-state index contributed by atoms with van der Waals surface area (Å²) >= 11 is 5.87. The highest BCUT2D eigenvalue weighted by Gasteiger charge is 2.48. The summed E-state index contributed by atoms with van der Waals surface area (Å²) in [6, 6.07) is 0. The van der Waals surface area contributed by atoms with E-state index >= 15 is 0 Å². The van der Waals surface area contributed by atoms with Crippen molar-refractivity contribution in [3.8, 4) is 0 Å². The monoisotopic (exact) mass is 176 g/mol. The third-order valence-corrected chi connectivity index (χ3v) is 2.50. The zero-order chi connectivity index (χ0) is 8.65. The van der Waals surface area contributed by atoms with E-state index in [-0.39, 0.29) is 22.9 Å². The Morgan fingerprint density at radius 2 is 2.18 bits per heavy atom. The number of esters is 1. The van der Waals surface area contributed by atoms with E-state index in [0.717, 1.165) is 6.42 Å². The van der Waals surface area contributed by atoms with Gasteiger partial charge in [0, 0.05) is 12.3 Å². The number of hydrogen-bond acceptors (Lipinski definition) is 2. The van der Waals surface area contributed by atoms with Crippen LogP contribution >= 0.6 is 11.6 Å². The lowest BCUT2D eigenvalue weighted by atomic mass is 9.69. The number of carbonyl (C=O) groups is 1. The minimum absolute atomic E-state index is 0.00824. The van der Waals surface area contributed by atoms with E-state index in [1.54, 1.807) is 0 Å². The summed E-state index contributed by atoms with van der Waals surface area (Å²) in [5.41, 5.74) is 0.0675.